The van der Waals surface area contributed by atoms with Gasteiger partial charge in [0.15, 0.2) is 0 Å². The van der Waals surface area contributed by atoms with E-state index in [-0.39, 0.29) is 6.54 Å². The minimum absolute atomic E-state index is 0.246. The van der Waals surface area contributed by atoms with Crippen molar-refractivity contribution < 1.29 is 15.0 Å². The molecule has 1 unspecified atom stereocenters. The summed E-state index contributed by atoms with van der Waals surface area (Å²) >= 11 is 0. The molecule has 3 atom stereocenters. The zero-order valence-electron chi connectivity index (χ0n) is 11.1. The number of carbonyl (C=O) groups is 1. The van der Waals surface area contributed by atoms with Gasteiger partial charge in [0.25, 0.3) is 0 Å². The van der Waals surface area contributed by atoms with Crippen molar-refractivity contribution >= 4 is 6.29 Å². The molecule has 104 valence electrons. The van der Waals surface area contributed by atoms with Gasteiger partial charge in [0.05, 0.1) is 18.2 Å². The van der Waals surface area contributed by atoms with E-state index in [1.807, 2.05) is 0 Å². The minimum atomic E-state index is -1.57. The summed E-state index contributed by atoms with van der Waals surface area (Å²) in [6, 6.07) is 0. The van der Waals surface area contributed by atoms with E-state index in [1.165, 1.54) is 6.92 Å². The summed E-state index contributed by atoms with van der Waals surface area (Å²) in [4.78, 5) is 13.5. The van der Waals surface area contributed by atoms with Crippen molar-refractivity contribution in [1.82, 2.24) is 0 Å². The first kappa shape index (κ1) is 16.9. The Labute approximate surface area is 108 Å². The largest absolute Gasteiger partial charge is 0.389 e. The van der Waals surface area contributed by atoms with E-state index in [0.717, 1.165) is 25.7 Å². The van der Waals surface area contributed by atoms with Gasteiger partial charge in [-0.05, 0) is 18.9 Å². The quantitative estimate of drug-likeness (QED) is 0.206. The van der Waals surface area contributed by atoms with Gasteiger partial charge < -0.3 is 15.0 Å². The molecule has 0 heterocycles. The molecule has 6 heteroatoms. The number of rotatable bonds is 10. The van der Waals surface area contributed by atoms with Gasteiger partial charge in [0, 0.05) is 10.8 Å². The molecule has 0 radical (unpaired) electrons. The first-order chi connectivity index (χ1) is 8.49. The first-order valence-corrected chi connectivity index (χ1v) is 6.36. The molecular weight excluding hydrogens is 234 g/mol. The summed E-state index contributed by atoms with van der Waals surface area (Å²) in [5, 5.41) is 23.1. The van der Waals surface area contributed by atoms with E-state index in [1.54, 1.807) is 0 Å². The molecule has 0 bridgehead atoms. The second kappa shape index (κ2) is 8.91. The van der Waals surface area contributed by atoms with Gasteiger partial charge in [-0.2, -0.15) is 0 Å². The number of carbonyl (C=O) groups excluding carboxylic acids is 1. The van der Waals surface area contributed by atoms with Crippen LogP contribution in [0.4, 0.5) is 0 Å². The molecule has 0 aromatic carbocycles. The molecule has 0 rings (SSSR count). The number of aldehydes is 1. The van der Waals surface area contributed by atoms with Crippen LogP contribution in [0.2, 0.25) is 0 Å². The summed E-state index contributed by atoms with van der Waals surface area (Å²) < 4.78 is 0. The fourth-order valence-electron chi connectivity index (χ4n) is 1.84. The summed E-state index contributed by atoms with van der Waals surface area (Å²) in [5.74, 6) is -0.620. The normalized spacial score (nSPS) is 17.3. The highest BCUT2D eigenvalue weighted by Crippen LogP contribution is 2.22. The van der Waals surface area contributed by atoms with Crippen molar-refractivity contribution in [3.63, 3.8) is 0 Å². The molecule has 0 saturated carbocycles. The lowest BCUT2D eigenvalue weighted by Crippen LogP contribution is -2.47. The van der Waals surface area contributed by atoms with E-state index >= 15 is 0 Å². The Kier molecular flexibility index (Phi) is 8.37. The first-order valence-electron chi connectivity index (χ1n) is 6.36. The van der Waals surface area contributed by atoms with Gasteiger partial charge in [-0.25, -0.2) is 0 Å². The van der Waals surface area contributed by atoms with Crippen LogP contribution in [-0.4, -0.2) is 34.7 Å². The smallest absolute Gasteiger partial charge is 0.125 e. The van der Waals surface area contributed by atoms with Gasteiger partial charge in [0.2, 0.25) is 0 Å². The monoisotopic (exact) mass is 257 g/mol. The highest BCUT2D eigenvalue weighted by atomic mass is 16.3. The van der Waals surface area contributed by atoms with Gasteiger partial charge in [0.1, 0.15) is 6.29 Å². The van der Waals surface area contributed by atoms with Crippen LogP contribution in [0.1, 0.15) is 46.0 Å². The molecule has 0 aliphatic carbocycles. The zero-order chi connectivity index (χ0) is 14.0. The second-order valence-electron chi connectivity index (χ2n) is 4.84. The molecule has 0 aliphatic rings. The maximum atomic E-state index is 11.0. The van der Waals surface area contributed by atoms with E-state index in [4.69, 9.17) is 5.53 Å². The Bertz CT molecular complexity index is 288. The van der Waals surface area contributed by atoms with E-state index < -0.39 is 17.6 Å². The number of hydrogen-bond donors (Lipinski definition) is 2. The predicted molar refractivity (Wildman–Crippen MR) is 69.0 cm³/mol. The Hall–Kier alpha value is -1.10. The second-order valence-corrected chi connectivity index (χ2v) is 4.84. The highest BCUT2D eigenvalue weighted by Gasteiger charge is 2.35. The number of aliphatic hydroxyl groups excluding tert-OH is 1. The molecule has 0 aliphatic heterocycles. The Morgan fingerprint density at radius 2 is 2.11 bits per heavy atom. The lowest BCUT2D eigenvalue weighted by Gasteiger charge is -2.31. The van der Waals surface area contributed by atoms with Gasteiger partial charge in [-0.15, -0.1) is 0 Å². The minimum Gasteiger partial charge on any atom is -0.389 e. The van der Waals surface area contributed by atoms with Crippen molar-refractivity contribution in [2.45, 2.75) is 57.7 Å². The molecule has 0 aromatic heterocycles. The zero-order valence-corrected chi connectivity index (χ0v) is 11.1. The van der Waals surface area contributed by atoms with Crippen LogP contribution in [0.3, 0.4) is 0 Å². The third kappa shape index (κ3) is 6.00. The average Bonchev–Trinajstić information content (AvgIpc) is 2.36. The molecule has 6 nitrogen and oxygen atoms in total. The van der Waals surface area contributed by atoms with E-state index in [2.05, 4.69) is 16.9 Å². The van der Waals surface area contributed by atoms with Crippen molar-refractivity contribution in [2.24, 2.45) is 11.0 Å². The van der Waals surface area contributed by atoms with Crippen molar-refractivity contribution in [2.75, 3.05) is 6.54 Å². The maximum Gasteiger partial charge on any atom is 0.125 e. The molecule has 0 amide bonds. The Morgan fingerprint density at radius 1 is 1.44 bits per heavy atom. The van der Waals surface area contributed by atoms with E-state index in [9.17, 15) is 15.0 Å². The Balaban J connectivity index is 4.35. The molecule has 2 N–H and O–H groups in total. The summed E-state index contributed by atoms with van der Waals surface area (Å²) in [5.41, 5.74) is 6.64. The fourth-order valence-corrected chi connectivity index (χ4v) is 1.84. The number of unbranched alkanes of at least 4 members (excludes halogenated alkanes) is 3. The number of aliphatic hydroxyl groups is 2. The van der Waals surface area contributed by atoms with Gasteiger partial charge in [-0.1, -0.05) is 37.7 Å². The van der Waals surface area contributed by atoms with Crippen LogP contribution in [0.15, 0.2) is 5.11 Å². The Morgan fingerprint density at radius 3 is 2.61 bits per heavy atom. The predicted octanol–water partition coefficient (Wildman–Crippen LogP) is 2.19. The van der Waals surface area contributed by atoms with Crippen LogP contribution >= 0.6 is 0 Å². The number of azide groups is 1. The number of nitrogens with zero attached hydrogens (tertiary/aromatic N) is 3. The molecule has 0 spiro atoms. The average molecular weight is 257 g/mol. The third-order valence-corrected chi connectivity index (χ3v) is 3.06. The highest BCUT2D eigenvalue weighted by molar-refractivity contribution is 5.54. The van der Waals surface area contributed by atoms with Crippen LogP contribution in [0.5, 0.6) is 0 Å². The molecule has 18 heavy (non-hydrogen) atoms. The van der Waals surface area contributed by atoms with Gasteiger partial charge >= 0.3 is 0 Å². The molecule has 0 fully saturated rings. The van der Waals surface area contributed by atoms with Crippen LogP contribution in [0, 0.1) is 5.92 Å². The van der Waals surface area contributed by atoms with Crippen LogP contribution in [0.25, 0.3) is 10.4 Å². The molecular formula is C12H23N3O3. The SMILES string of the molecule is CCCCCC[C@@H](C=O)[C@@H](O)C(C)(O)CN=[N+]=[N-]. The topological polar surface area (TPSA) is 106 Å². The van der Waals surface area contributed by atoms with Gasteiger partial charge in [-0.3, -0.25) is 0 Å². The van der Waals surface area contributed by atoms with Crippen molar-refractivity contribution in [3.8, 4) is 0 Å². The summed E-state index contributed by atoms with van der Waals surface area (Å²) in [6.07, 6.45) is 4.04. The summed E-state index contributed by atoms with van der Waals surface area (Å²) in [7, 11) is 0. The fraction of sp³-hybridized carbons (Fsp3) is 0.917. The molecule has 0 saturated heterocycles. The van der Waals surface area contributed by atoms with Crippen molar-refractivity contribution in [1.29, 1.82) is 0 Å². The van der Waals surface area contributed by atoms with Crippen LogP contribution < -0.4 is 0 Å². The third-order valence-electron chi connectivity index (χ3n) is 3.06. The maximum absolute atomic E-state index is 11.0. The molecule has 0 aromatic rings. The standard InChI is InChI=1S/C12H23N3O3/c1-3-4-5-6-7-10(8-16)11(17)12(2,18)9-14-15-13/h8,10-11,17-18H,3-7,9H2,1-2H3/t10-,11+,12?/m0/s1. The lowest BCUT2D eigenvalue weighted by molar-refractivity contribution is -0.125. The lowest BCUT2D eigenvalue weighted by atomic mass is 9.86. The van der Waals surface area contributed by atoms with E-state index in [0.29, 0.717) is 12.7 Å². The number of hydrogen-bond acceptors (Lipinski definition) is 4. The summed E-state index contributed by atoms with van der Waals surface area (Å²) in [6.45, 7) is 3.22. The van der Waals surface area contributed by atoms with Crippen LogP contribution in [-0.2, 0) is 4.79 Å². The van der Waals surface area contributed by atoms with Crippen molar-refractivity contribution in [3.05, 3.63) is 10.4 Å².